The minimum absolute atomic E-state index is 0.147. The summed E-state index contributed by atoms with van der Waals surface area (Å²) in [4.78, 5) is 2.45. The van der Waals surface area contributed by atoms with E-state index in [0.29, 0.717) is 6.04 Å². The molecule has 0 aromatic heterocycles. The molecule has 1 fully saturated rings. The van der Waals surface area contributed by atoms with Gasteiger partial charge < -0.3 is 5.73 Å². The fourth-order valence-electron chi connectivity index (χ4n) is 3.25. The van der Waals surface area contributed by atoms with Crippen LogP contribution < -0.4 is 5.73 Å². The molecular weight excluding hydrogens is 244 g/mol. The molecule has 0 heterocycles. The number of nitrogens with zero attached hydrogens (tertiary/aromatic N) is 1. The van der Waals surface area contributed by atoms with E-state index in [2.05, 4.69) is 42.3 Å². The maximum atomic E-state index is 6.63. The summed E-state index contributed by atoms with van der Waals surface area (Å²) in [5.41, 5.74) is 7.76. The van der Waals surface area contributed by atoms with Gasteiger partial charge in [0.15, 0.2) is 0 Å². The highest BCUT2D eigenvalue weighted by Gasteiger charge is 2.34. The van der Waals surface area contributed by atoms with Crippen LogP contribution in [0.4, 0.5) is 0 Å². The van der Waals surface area contributed by atoms with Gasteiger partial charge in [0.2, 0.25) is 0 Å². The summed E-state index contributed by atoms with van der Waals surface area (Å²) in [6.45, 7) is 9.57. The molecule has 1 saturated carbocycles. The van der Waals surface area contributed by atoms with Crippen molar-refractivity contribution in [3.63, 3.8) is 0 Å². The van der Waals surface area contributed by atoms with Gasteiger partial charge in [0, 0.05) is 24.7 Å². The van der Waals surface area contributed by atoms with Crippen molar-refractivity contribution < 1.29 is 0 Å². The van der Waals surface area contributed by atoms with E-state index >= 15 is 0 Å². The molecule has 2 rings (SSSR count). The molecule has 108 valence electrons. The second-order valence-electron chi connectivity index (χ2n) is 5.78. The SMILES string of the molecule is C=CCN(CC=C)C1CCC(N)(c2ccccc2)CC1. The van der Waals surface area contributed by atoms with Gasteiger partial charge in [0.05, 0.1) is 0 Å². The van der Waals surface area contributed by atoms with E-state index in [9.17, 15) is 0 Å². The summed E-state index contributed by atoms with van der Waals surface area (Å²) in [5.74, 6) is 0. The summed E-state index contributed by atoms with van der Waals surface area (Å²) in [6.07, 6.45) is 8.34. The van der Waals surface area contributed by atoms with Crippen molar-refractivity contribution in [2.45, 2.75) is 37.3 Å². The lowest BCUT2D eigenvalue weighted by Crippen LogP contribution is -2.46. The van der Waals surface area contributed by atoms with E-state index in [0.717, 1.165) is 38.8 Å². The molecule has 0 unspecified atom stereocenters. The van der Waals surface area contributed by atoms with Crippen molar-refractivity contribution in [2.75, 3.05) is 13.1 Å². The Morgan fingerprint density at radius 1 is 1.10 bits per heavy atom. The van der Waals surface area contributed by atoms with Crippen LogP contribution in [0, 0.1) is 0 Å². The topological polar surface area (TPSA) is 29.3 Å². The zero-order valence-corrected chi connectivity index (χ0v) is 12.3. The second-order valence-corrected chi connectivity index (χ2v) is 5.78. The van der Waals surface area contributed by atoms with Crippen molar-refractivity contribution in [3.05, 3.63) is 61.2 Å². The fraction of sp³-hybridized carbons (Fsp3) is 0.444. The molecule has 0 atom stereocenters. The largest absolute Gasteiger partial charge is 0.321 e. The van der Waals surface area contributed by atoms with Crippen LogP contribution in [0.2, 0.25) is 0 Å². The number of hydrogen-bond acceptors (Lipinski definition) is 2. The molecular formula is C18H26N2. The molecule has 20 heavy (non-hydrogen) atoms. The number of rotatable bonds is 6. The first kappa shape index (κ1) is 15.0. The smallest absolute Gasteiger partial charge is 0.0410 e. The molecule has 2 heteroatoms. The molecule has 0 aliphatic heterocycles. The third-order valence-electron chi connectivity index (χ3n) is 4.44. The molecule has 1 aliphatic rings. The Morgan fingerprint density at radius 3 is 2.15 bits per heavy atom. The third kappa shape index (κ3) is 3.38. The van der Waals surface area contributed by atoms with Crippen molar-refractivity contribution in [2.24, 2.45) is 5.73 Å². The van der Waals surface area contributed by atoms with E-state index in [1.165, 1.54) is 5.56 Å². The van der Waals surface area contributed by atoms with Gasteiger partial charge in [-0.05, 0) is 31.2 Å². The van der Waals surface area contributed by atoms with Crippen molar-refractivity contribution in [1.82, 2.24) is 4.90 Å². The molecule has 1 aromatic rings. The highest BCUT2D eigenvalue weighted by Crippen LogP contribution is 2.36. The summed E-state index contributed by atoms with van der Waals surface area (Å²) < 4.78 is 0. The van der Waals surface area contributed by atoms with Gasteiger partial charge in [-0.15, -0.1) is 13.2 Å². The predicted molar refractivity (Wildman–Crippen MR) is 86.5 cm³/mol. The van der Waals surface area contributed by atoms with Crippen molar-refractivity contribution >= 4 is 0 Å². The van der Waals surface area contributed by atoms with Crippen LogP contribution >= 0.6 is 0 Å². The minimum Gasteiger partial charge on any atom is -0.321 e. The molecule has 0 bridgehead atoms. The first-order valence-corrected chi connectivity index (χ1v) is 7.50. The van der Waals surface area contributed by atoms with Crippen LogP contribution in [0.25, 0.3) is 0 Å². The third-order valence-corrected chi connectivity index (χ3v) is 4.44. The maximum absolute atomic E-state index is 6.63. The average Bonchev–Trinajstić information content (AvgIpc) is 2.49. The van der Waals surface area contributed by atoms with Crippen molar-refractivity contribution in [3.8, 4) is 0 Å². The Morgan fingerprint density at radius 2 is 1.65 bits per heavy atom. The number of hydrogen-bond donors (Lipinski definition) is 1. The summed E-state index contributed by atoms with van der Waals surface area (Å²) >= 11 is 0. The van der Waals surface area contributed by atoms with E-state index in [1.54, 1.807) is 0 Å². The predicted octanol–water partition coefficient (Wildman–Crippen LogP) is 3.46. The van der Waals surface area contributed by atoms with Crippen LogP contribution in [0.3, 0.4) is 0 Å². The molecule has 2 N–H and O–H groups in total. The lowest BCUT2D eigenvalue weighted by Gasteiger charge is -2.41. The second kappa shape index (κ2) is 6.87. The Kier molecular flexibility index (Phi) is 5.16. The molecule has 1 aromatic carbocycles. The van der Waals surface area contributed by atoms with E-state index in [-0.39, 0.29) is 5.54 Å². The Bertz CT molecular complexity index is 420. The van der Waals surface area contributed by atoms with E-state index in [1.807, 2.05) is 18.2 Å². The standard InChI is InChI=1S/C18H26N2/c1-3-14-20(15-4-2)17-10-12-18(19,13-11-17)16-8-6-5-7-9-16/h3-9,17H,1-2,10-15,19H2. The van der Waals surface area contributed by atoms with Crippen LogP contribution in [-0.2, 0) is 5.54 Å². The Hall–Kier alpha value is -1.38. The molecule has 0 spiro atoms. The first-order valence-electron chi connectivity index (χ1n) is 7.50. The fourth-order valence-corrected chi connectivity index (χ4v) is 3.25. The van der Waals surface area contributed by atoms with Gasteiger partial charge in [0.25, 0.3) is 0 Å². The molecule has 1 aliphatic carbocycles. The highest BCUT2D eigenvalue weighted by atomic mass is 15.1. The monoisotopic (exact) mass is 270 g/mol. The molecule has 0 saturated heterocycles. The van der Waals surface area contributed by atoms with Gasteiger partial charge in [-0.25, -0.2) is 0 Å². The molecule has 2 nitrogen and oxygen atoms in total. The zero-order valence-electron chi connectivity index (χ0n) is 12.3. The number of benzene rings is 1. The lowest BCUT2D eigenvalue weighted by molar-refractivity contribution is 0.147. The van der Waals surface area contributed by atoms with Gasteiger partial charge >= 0.3 is 0 Å². The summed E-state index contributed by atoms with van der Waals surface area (Å²) in [5, 5.41) is 0. The minimum atomic E-state index is -0.147. The summed E-state index contributed by atoms with van der Waals surface area (Å²) in [6, 6.07) is 11.1. The Labute approximate surface area is 123 Å². The van der Waals surface area contributed by atoms with Crippen LogP contribution in [0.1, 0.15) is 31.2 Å². The average molecular weight is 270 g/mol. The van der Waals surface area contributed by atoms with E-state index < -0.39 is 0 Å². The highest BCUT2D eigenvalue weighted by molar-refractivity contribution is 5.24. The molecule has 0 amide bonds. The number of nitrogens with two attached hydrogens (primary N) is 1. The van der Waals surface area contributed by atoms with Crippen LogP contribution in [0.15, 0.2) is 55.6 Å². The van der Waals surface area contributed by atoms with Gasteiger partial charge in [-0.3, -0.25) is 4.90 Å². The Balaban J connectivity index is 2.00. The zero-order chi connectivity index (χ0) is 14.4. The maximum Gasteiger partial charge on any atom is 0.0410 e. The van der Waals surface area contributed by atoms with Gasteiger partial charge in [0.1, 0.15) is 0 Å². The lowest BCUT2D eigenvalue weighted by atomic mass is 9.75. The van der Waals surface area contributed by atoms with Crippen molar-refractivity contribution in [1.29, 1.82) is 0 Å². The van der Waals surface area contributed by atoms with Gasteiger partial charge in [-0.2, -0.15) is 0 Å². The quantitative estimate of drug-likeness (QED) is 0.802. The summed E-state index contributed by atoms with van der Waals surface area (Å²) in [7, 11) is 0. The van der Waals surface area contributed by atoms with Crippen LogP contribution in [0.5, 0.6) is 0 Å². The van der Waals surface area contributed by atoms with E-state index in [4.69, 9.17) is 5.73 Å². The van der Waals surface area contributed by atoms with Crippen LogP contribution in [-0.4, -0.2) is 24.0 Å². The van der Waals surface area contributed by atoms with Gasteiger partial charge in [-0.1, -0.05) is 42.5 Å². The normalized spacial score (nSPS) is 26.4. The first-order chi connectivity index (χ1) is 9.69. The molecule has 0 radical (unpaired) electrons.